The zero-order valence-electron chi connectivity index (χ0n) is 15.1. The van der Waals surface area contributed by atoms with Crippen molar-refractivity contribution >= 4 is 49.9 Å². The molecule has 3 aromatic rings. The van der Waals surface area contributed by atoms with Gasteiger partial charge < -0.3 is 10.2 Å². The Bertz CT molecular complexity index is 933. The molecule has 0 spiro atoms. The van der Waals surface area contributed by atoms with Crippen molar-refractivity contribution in [3.63, 3.8) is 0 Å². The molecular formula is C20H21ClN4OS. The molecular weight excluding hydrogens is 380 g/mol. The van der Waals surface area contributed by atoms with E-state index in [1.807, 2.05) is 36.4 Å². The van der Waals surface area contributed by atoms with E-state index in [1.54, 1.807) is 0 Å². The highest BCUT2D eigenvalue weighted by atomic mass is 35.5. The van der Waals surface area contributed by atoms with Crippen molar-refractivity contribution < 1.29 is 4.79 Å². The number of fused-ring (bicyclic) bond motifs is 1. The molecule has 0 bridgehead atoms. The molecule has 4 rings (SSSR count). The number of hydrogen-bond acceptors (Lipinski definition) is 5. The van der Waals surface area contributed by atoms with Crippen LogP contribution in [-0.4, -0.2) is 48.5 Å². The van der Waals surface area contributed by atoms with Gasteiger partial charge in [0.25, 0.3) is 0 Å². The Morgan fingerprint density at radius 1 is 1.19 bits per heavy atom. The van der Waals surface area contributed by atoms with E-state index >= 15 is 0 Å². The number of amides is 1. The average Bonchev–Trinajstić information content (AvgIpc) is 3.06. The van der Waals surface area contributed by atoms with Crippen LogP contribution in [0.3, 0.4) is 0 Å². The number of nitrogens with one attached hydrogen (secondary N) is 1. The molecule has 0 aliphatic carbocycles. The van der Waals surface area contributed by atoms with E-state index in [4.69, 9.17) is 11.6 Å². The fourth-order valence-corrected chi connectivity index (χ4v) is 4.41. The van der Waals surface area contributed by atoms with Gasteiger partial charge in [-0.2, -0.15) is 0 Å². The van der Waals surface area contributed by atoms with Crippen molar-refractivity contribution in [1.82, 2.24) is 9.88 Å². The van der Waals surface area contributed by atoms with Gasteiger partial charge in [-0.1, -0.05) is 41.1 Å². The molecule has 1 N–H and O–H groups in total. The number of carbonyl (C=O) groups excluding carboxylic acids is 1. The van der Waals surface area contributed by atoms with Crippen LogP contribution in [0.15, 0.2) is 42.5 Å². The Morgan fingerprint density at radius 3 is 2.74 bits per heavy atom. The highest BCUT2D eigenvalue weighted by Gasteiger charge is 2.20. The number of benzene rings is 2. The molecule has 0 saturated carbocycles. The van der Waals surface area contributed by atoms with E-state index < -0.39 is 0 Å². The zero-order valence-corrected chi connectivity index (χ0v) is 16.7. The molecule has 5 nitrogen and oxygen atoms in total. The number of para-hydroxylation sites is 1. The fourth-order valence-electron chi connectivity index (χ4n) is 3.36. The normalized spacial score (nSPS) is 15.3. The van der Waals surface area contributed by atoms with Crippen molar-refractivity contribution in [3.05, 3.63) is 53.1 Å². The summed E-state index contributed by atoms with van der Waals surface area (Å²) in [5.74, 6) is -0.0126. The average molecular weight is 401 g/mol. The van der Waals surface area contributed by atoms with Gasteiger partial charge >= 0.3 is 0 Å². The van der Waals surface area contributed by atoms with Crippen molar-refractivity contribution in [1.29, 1.82) is 0 Å². The summed E-state index contributed by atoms with van der Waals surface area (Å²) in [6, 6.07) is 13.9. The molecule has 0 radical (unpaired) electrons. The van der Waals surface area contributed by atoms with Gasteiger partial charge in [0.1, 0.15) is 0 Å². The lowest BCUT2D eigenvalue weighted by Gasteiger charge is -2.36. The third-order valence-electron chi connectivity index (χ3n) is 4.79. The van der Waals surface area contributed by atoms with E-state index in [-0.39, 0.29) is 5.91 Å². The van der Waals surface area contributed by atoms with E-state index in [1.165, 1.54) is 22.6 Å². The number of carbonyl (C=O) groups is 1. The SMILES string of the molecule is Cc1ccc(Cl)cc1N1CCN(CC(=O)Nc2nc3ccccc3s2)CC1. The highest BCUT2D eigenvalue weighted by Crippen LogP contribution is 2.26. The molecule has 1 aliphatic rings. The molecule has 7 heteroatoms. The summed E-state index contributed by atoms with van der Waals surface area (Å²) in [5.41, 5.74) is 3.32. The number of rotatable bonds is 4. The maximum atomic E-state index is 12.4. The Morgan fingerprint density at radius 2 is 1.96 bits per heavy atom. The van der Waals surface area contributed by atoms with Crippen LogP contribution in [0.4, 0.5) is 10.8 Å². The second-order valence-corrected chi connectivity index (χ2v) is 8.20. The highest BCUT2D eigenvalue weighted by molar-refractivity contribution is 7.22. The third-order valence-corrected chi connectivity index (χ3v) is 5.98. The maximum Gasteiger partial charge on any atom is 0.240 e. The molecule has 0 atom stereocenters. The number of nitrogens with zero attached hydrogens (tertiary/aromatic N) is 3. The molecule has 2 heterocycles. The standard InChI is InChI=1S/C20H21ClN4OS/c1-14-6-7-15(21)12-17(14)25-10-8-24(9-11-25)13-19(26)23-20-22-16-4-2-3-5-18(16)27-20/h2-7,12H,8-11,13H2,1H3,(H,22,23,26). The Hall–Kier alpha value is -2.15. The molecule has 2 aromatic carbocycles. The summed E-state index contributed by atoms with van der Waals surface area (Å²) in [5, 5.41) is 4.35. The van der Waals surface area contributed by atoms with Crippen LogP contribution in [0.25, 0.3) is 10.2 Å². The zero-order chi connectivity index (χ0) is 18.8. The number of halogens is 1. The number of aryl methyl sites for hydroxylation is 1. The number of aromatic nitrogens is 1. The first-order valence-corrected chi connectivity index (χ1v) is 10.2. The summed E-state index contributed by atoms with van der Waals surface area (Å²) >= 11 is 7.65. The second-order valence-electron chi connectivity index (χ2n) is 6.73. The first-order chi connectivity index (χ1) is 13.1. The fraction of sp³-hybridized carbons (Fsp3) is 0.300. The molecule has 1 amide bonds. The van der Waals surface area contributed by atoms with Crippen LogP contribution >= 0.6 is 22.9 Å². The lowest BCUT2D eigenvalue weighted by Crippen LogP contribution is -2.48. The van der Waals surface area contributed by atoms with E-state index in [9.17, 15) is 4.79 Å². The lowest BCUT2D eigenvalue weighted by atomic mass is 10.1. The van der Waals surface area contributed by atoms with Crippen LogP contribution in [-0.2, 0) is 4.79 Å². The minimum absolute atomic E-state index is 0.0126. The number of thiazole rings is 1. The minimum atomic E-state index is -0.0126. The molecule has 140 valence electrons. The van der Waals surface area contributed by atoms with Crippen LogP contribution in [0, 0.1) is 6.92 Å². The molecule has 1 aliphatic heterocycles. The van der Waals surface area contributed by atoms with Gasteiger partial charge in [-0.05, 0) is 36.8 Å². The van der Waals surface area contributed by atoms with Gasteiger partial charge in [0.15, 0.2) is 5.13 Å². The topological polar surface area (TPSA) is 48.5 Å². The van der Waals surface area contributed by atoms with Crippen molar-refractivity contribution in [3.8, 4) is 0 Å². The summed E-state index contributed by atoms with van der Waals surface area (Å²) in [7, 11) is 0. The first-order valence-electron chi connectivity index (χ1n) is 8.97. The van der Waals surface area contributed by atoms with E-state index in [0.29, 0.717) is 11.7 Å². The van der Waals surface area contributed by atoms with Gasteiger partial charge in [-0.3, -0.25) is 9.69 Å². The van der Waals surface area contributed by atoms with Crippen LogP contribution < -0.4 is 10.2 Å². The van der Waals surface area contributed by atoms with Crippen LogP contribution in [0.2, 0.25) is 5.02 Å². The number of piperazine rings is 1. The Labute approximate surface area is 167 Å². The predicted molar refractivity (Wildman–Crippen MR) is 113 cm³/mol. The molecule has 1 saturated heterocycles. The second kappa shape index (κ2) is 7.84. The van der Waals surface area contributed by atoms with E-state index in [0.717, 1.165) is 41.4 Å². The van der Waals surface area contributed by atoms with Crippen molar-refractivity contribution in [2.75, 3.05) is 42.9 Å². The third kappa shape index (κ3) is 4.24. The van der Waals surface area contributed by atoms with Crippen LogP contribution in [0.5, 0.6) is 0 Å². The maximum absolute atomic E-state index is 12.4. The molecule has 1 fully saturated rings. The van der Waals surface area contributed by atoms with Gasteiger partial charge in [-0.25, -0.2) is 4.98 Å². The van der Waals surface area contributed by atoms with Crippen molar-refractivity contribution in [2.45, 2.75) is 6.92 Å². The quantitative estimate of drug-likeness (QED) is 0.718. The summed E-state index contributed by atoms with van der Waals surface area (Å²) < 4.78 is 1.08. The monoisotopic (exact) mass is 400 g/mol. The van der Waals surface area contributed by atoms with Crippen molar-refractivity contribution in [2.24, 2.45) is 0 Å². The minimum Gasteiger partial charge on any atom is -0.369 e. The molecule has 1 aromatic heterocycles. The Kier molecular flexibility index (Phi) is 5.29. The largest absolute Gasteiger partial charge is 0.369 e. The molecule has 0 unspecified atom stereocenters. The van der Waals surface area contributed by atoms with Gasteiger partial charge in [0, 0.05) is 36.9 Å². The van der Waals surface area contributed by atoms with Gasteiger partial charge in [-0.15, -0.1) is 0 Å². The summed E-state index contributed by atoms with van der Waals surface area (Å²) in [4.78, 5) is 21.4. The number of anilines is 2. The lowest BCUT2D eigenvalue weighted by molar-refractivity contribution is -0.117. The number of hydrogen-bond donors (Lipinski definition) is 1. The van der Waals surface area contributed by atoms with Crippen LogP contribution in [0.1, 0.15) is 5.56 Å². The summed E-state index contributed by atoms with van der Waals surface area (Å²) in [6.07, 6.45) is 0. The van der Waals surface area contributed by atoms with E-state index in [2.05, 4.69) is 33.1 Å². The first kappa shape index (κ1) is 18.2. The molecule has 27 heavy (non-hydrogen) atoms. The van der Waals surface area contributed by atoms with Gasteiger partial charge in [0.2, 0.25) is 5.91 Å². The summed E-state index contributed by atoms with van der Waals surface area (Å²) in [6.45, 7) is 5.95. The Balaban J connectivity index is 1.32. The smallest absolute Gasteiger partial charge is 0.240 e. The predicted octanol–water partition coefficient (Wildman–Crippen LogP) is 4.02. The van der Waals surface area contributed by atoms with Gasteiger partial charge in [0.05, 0.1) is 16.8 Å².